The van der Waals surface area contributed by atoms with Gasteiger partial charge in [-0.05, 0) is 33.1 Å². The number of nitrogens with two attached hydrogens (primary N) is 1. The molecule has 6 heteroatoms. The van der Waals surface area contributed by atoms with Crippen LogP contribution in [0.1, 0.15) is 33.1 Å². The number of hydrogen-bond acceptors (Lipinski definition) is 4. The van der Waals surface area contributed by atoms with E-state index in [0.717, 1.165) is 6.42 Å². The first-order valence-electron chi connectivity index (χ1n) is 5.35. The van der Waals surface area contributed by atoms with E-state index in [1.165, 1.54) is 6.26 Å². The SMILES string of the molecule is CC(C)(CNC(=O)C1(N)CCC1)S(C)(=O)=O. The molecule has 1 saturated carbocycles. The molecule has 0 unspecified atom stereocenters. The Morgan fingerprint density at radius 1 is 1.44 bits per heavy atom. The predicted molar refractivity (Wildman–Crippen MR) is 62.7 cm³/mol. The molecule has 0 aromatic rings. The van der Waals surface area contributed by atoms with Crippen molar-refractivity contribution in [3.8, 4) is 0 Å². The molecule has 0 spiro atoms. The third kappa shape index (κ3) is 2.55. The highest BCUT2D eigenvalue weighted by molar-refractivity contribution is 7.92. The van der Waals surface area contributed by atoms with Gasteiger partial charge in [0, 0.05) is 12.8 Å². The zero-order chi connectivity index (χ0) is 12.6. The quantitative estimate of drug-likeness (QED) is 0.721. The summed E-state index contributed by atoms with van der Waals surface area (Å²) < 4.78 is 21.9. The average molecular weight is 248 g/mol. The minimum absolute atomic E-state index is 0.101. The van der Waals surface area contributed by atoms with Gasteiger partial charge >= 0.3 is 0 Å². The summed E-state index contributed by atoms with van der Waals surface area (Å²) in [6.45, 7) is 3.28. The lowest BCUT2D eigenvalue weighted by Gasteiger charge is -2.37. The highest BCUT2D eigenvalue weighted by Crippen LogP contribution is 2.29. The van der Waals surface area contributed by atoms with Gasteiger partial charge in [-0.1, -0.05) is 0 Å². The van der Waals surface area contributed by atoms with Gasteiger partial charge in [0.05, 0.1) is 10.3 Å². The van der Waals surface area contributed by atoms with Gasteiger partial charge in [-0.15, -0.1) is 0 Å². The topological polar surface area (TPSA) is 89.3 Å². The monoisotopic (exact) mass is 248 g/mol. The Kier molecular flexibility index (Phi) is 3.36. The summed E-state index contributed by atoms with van der Waals surface area (Å²) in [7, 11) is -3.19. The van der Waals surface area contributed by atoms with E-state index >= 15 is 0 Å². The molecule has 1 aliphatic carbocycles. The summed E-state index contributed by atoms with van der Waals surface area (Å²) in [5.74, 6) is -0.240. The van der Waals surface area contributed by atoms with Crippen LogP contribution in [0.3, 0.4) is 0 Å². The highest BCUT2D eigenvalue weighted by atomic mass is 32.2. The normalized spacial score (nSPS) is 20.0. The molecule has 1 fully saturated rings. The summed E-state index contributed by atoms with van der Waals surface area (Å²) in [4.78, 5) is 11.7. The maximum Gasteiger partial charge on any atom is 0.240 e. The van der Waals surface area contributed by atoms with Crippen LogP contribution in [-0.2, 0) is 14.6 Å². The zero-order valence-corrected chi connectivity index (χ0v) is 10.9. The van der Waals surface area contributed by atoms with E-state index in [0.29, 0.717) is 12.8 Å². The standard InChI is InChI=1S/C10H20N2O3S/c1-9(2,16(3,14)15)7-12-8(13)10(11)5-4-6-10/h4-7,11H2,1-3H3,(H,12,13). The molecule has 0 aliphatic heterocycles. The van der Waals surface area contributed by atoms with Crippen LogP contribution in [-0.4, -0.2) is 37.4 Å². The second-order valence-corrected chi connectivity index (χ2v) is 7.87. The number of nitrogens with one attached hydrogen (secondary N) is 1. The number of hydrogen-bond donors (Lipinski definition) is 2. The molecule has 3 N–H and O–H groups in total. The van der Waals surface area contributed by atoms with Gasteiger partial charge in [-0.3, -0.25) is 4.79 Å². The summed E-state index contributed by atoms with van der Waals surface area (Å²) in [6, 6.07) is 0. The fourth-order valence-corrected chi connectivity index (χ4v) is 1.72. The lowest BCUT2D eigenvalue weighted by molar-refractivity contribution is -0.129. The van der Waals surface area contributed by atoms with Gasteiger partial charge in [0.25, 0.3) is 0 Å². The smallest absolute Gasteiger partial charge is 0.240 e. The van der Waals surface area contributed by atoms with Crippen LogP contribution < -0.4 is 11.1 Å². The van der Waals surface area contributed by atoms with Crippen molar-refractivity contribution in [3.63, 3.8) is 0 Å². The van der Waals surface area contributed by atoms with Crippen LogP contribution in [0.5, 0.6) is 0 Å². The largest absolute Gasteiger partial charge is 0.353 e. The van der Waals surface area contributed by atoms with E-state index in [1.54, 1.807) is 13.8 Å². The van der Waals surface area contributed by atoms with Crippen LogP contribution in [0, 0.1) is 0 Å². The number of carbonyl (C=O) groups excluding carboxylic acids is 1. The average Bonchev–Trinajstić information content (AvgIpc) is 2.08. The van der Waals surface area contributed by atoms with Gasteiger partial charge in [0.1, 0.15) is 0 Å². The molecule has 94 valence electrons. The number of rotatable bonds is 4. The molecule has 0 saturated heterocycles. The number of carbonyl (C=O) groups is 1. The molecule has 0 radical (unpaired) electrons. The van der Waals surface area contributed by atoms with Crippen LogP contribution in [0.25, 0.3) is 0 Å². The Bertz CT molecular complexity index is 383. The van der Waals surface area contributed by atoms with Crippen molar-refractivity contribution in [1.29, 1.82) is 0 Å². The van der Waals surface area contributed by atoms with E-state index < -0.39 is 20.1 Å². The molecule has 0 heterocycles. The van der Waals surface area contributed by atoms with Crippen molar-refractivity contribution >= 4 is 15.7 Å². The van der Waals surface area contributed by atoms with E-state index in [-0.39, 0.29) is 12.5 Å². The van der Waals surface area contributed by atoms with Gasteiger partial charge in [-0.2, -0.15) is 0 Å². The zero-order valence-electron chi connectivity index (χ0n) is 10.0. The number of sulfone groups is 1. The van der Waals surface area contributed by atoms with Gasteiger partial charge < -0.3 is 11.1 Å². The van der Waals surface area contributed by atoms with Crippen LogP contribution >= 0.6 is 0 Å². The fourth-order valence-electron chi connectivity index (χ4n) is 1.39. The van der Waals surface area contributed by atoms with E-state index in [2.05, 4.69) is 5.32 Å². The highest BCUT2D eigenvalue weighted by Gasteiger charge is 2.41. The molecular weight excluding hydrogens is 228 g/mol. The molecule has 16 heavy (non-hydrogen) atoms. The summed E-state index contributed by atoms with van der Waals surface area (Å²) in [6.07, 6.45) is 3.48. The molecule has 0 aromatic carbocycles. The van der Waals surface area contributed by atoms with Crippen molar-refractivity contribution in [3.05, 3.63) is 0 Å². The summed E-state index contributed by atoms with van der Waals surface area (Å²) in [5.41, 5.74) is 5.05. The van der Waals surface area contributed by atoms with Crippen molar-refractivity contribution < 1.29 is 13.2 Å². The number of amides is 1. The second kappa shape index (κ2) is 4.00. The minimum Gasteiger partial charge on any atom is -0.353 e. The first-order valence-corrected chi connectivity index (χ1v) is 7.24. The third-order valence-electron chi connectivity index (χ3n) is 3.38. The first kappa shape index (κ1) is 13.4. The first-order chi connectivity index (χ1) is 7.08. The van der Waals surface area contributed by atoms with Gasteiger partial charge in [0.15, 0.2) is 9.84 Å². The molecule has 1 rings (SSSR count). The summed E-state index contributed by atoms with van der Waals surface area (Å²) in [5, 5.41) is 2.63. The minimum atomic E-state index is -3.19. The Morgan fingerprint density at radius 2 is 1.94 bits per heavy atom. The van der Waals surface area contributed by atoms with Crippen LogP contribution in [0.2, 0.25) is 0 Å². The Hall–Kier alpha value is -0.620. The Labute approximate surface area is 96.7 Å². The molecule has 1 amide bonds. The van der Waals surface area contributed by atoms with Crippen molar-refractivity contribution in [2.45, 2.75) is 43.4 Å². The maximum absolute atomic E-state index is 11.7. The molecule has 5 nitrogen and oxygen atoms in total. The van der Waals surface area contributed by atoms with Crippen molar-refractivity contribution in [2.75, 3.05) is 12.8 Å². The molecule has 1 aliphatic rings. The second-order valence-electron chi connectivity index (χ2n) is 5.22. The third-order valence-corrected chi connectivity index (χ3v) is 5.53. The molecule has 0 aromatic heterocycles. The van der Waals surface area contributed by atoms with Crippen LogP contribution in [0.15, 0.2) is 0 Å². The maximum atomic E-state index is 11.7. The van der Waals surface area contributed by atoms with Crippen LogP contribution in [0.4, 0.5) is 0 Å². The molecule has 0 bridgehead atoms. The van der Waals surface area contributed by atoms with E-state index in [4.69, 9.17) is 5.73 Å². The molecule has 0 atom stereocenters. The van der Waals surface area contributed by atoms with Crippen molar-refractivity contribution in [2.24, 2.45) is 5.73 Å². The van der Waals surface area contributed by atoms with E-state index in [9.17, 15) is 13.2 Å². The van der Waals surface area contributed by atoms with Gasteiger partial charge in [0.2, 0.25) is 5.91 Å². The van der Waals surface area contributed by atoms with Gasteiger partial charge in [-0.25, -0.2) is 8.42 Å². The Balaban J connectivity index is 2.55. The Morgan fingerprint density at radius 3 is 2.25 bits per heavy atom. The lowest BCUT2D eigenvalue weighted by atomic mass is 9.77. The van der Waals surface area contributed by atoms with E-state index in [1.807, 2.05) is 0 Å². The summed E-state index contributed by atoms with van der Waals surface area (Å²) >= 11 is 0. The predicted octanol–water partition coefficient (Wildman–Crippen LogP) is -0.193. The fraction of sp³-hybridized carbons (Fsp3) is 0.900. The molecular formula is C10H20N2O3S. The lowest BCUT2D eigenvalue weighted by Crippen LogP contribution is -2.60. The van der Waals surface area contributed by atoms with Crippen molar-refractivity contribution in [1.82, 2.24) is 5.32 Å².